The second-order valence-corrected chi connectivity index (χ2v) is 30.2. The number of rotatable bonds is 16. The van der Waals surface area contributed by atoms with Gasteiger partial charge >= 0.3 is 7.12 Å². The molecule has 5 heterocycles. The van der Waals surface area contributed by atoms with Crippen LogP contribution in [0.4, 0.5) is 0 Å². The zero-order valence-corrected chi connectivity index (χ0v) is 66.4. The van der Waals surface area contributed by atoms with Gasteiger partial charge in [0.25, 0.3) is 0 Å². The van der Waals surface area contributed by atoms with Crippen molar-refractivity contribution in [3.05, 3.63) is 418 Å². The van der Waals surface area contributed by atoms with Crippen LogP contribution in [0.1, 0.15) is 27.7 Å². The third-order valence-corrected chi connectivity index (χ3v) is 21.6. The first-order valence-electron chi connectivity index (χ1n) is 39.4. The van der Waals surface area contributed by atoms with Crippen molar-refractivity contribution >= 4 is 24.2 Å². The van der Waals surface area contributed by atoms with Crippen LogP contribution in [-0.2, 0) is 9.31 Å². The third-order valence-electron chi connectivity index (χ3n) is 21.5. The molecule has 14 aromatic carbocycles. The Balaban J connectivity index is 0.000000134. The van der Waals surface area contributed by atoms with Gasteiger partial charge in [-0.05, 0) is 159 Å². The van der Waals surface area contributed by atoms with Crippen LogP contribution in [0.3, 0.4) is 0 Å². The molecule has 0 radical (unpaired) electrons. The molecule has 118 heavy (non-hydrogen) atoms. The van der Waals surface area contributed by atoms with E-state index in [1.165, 1.54) is 11.1 Å². The molecule has 19 rings (SSSR count). The Bertz CT molecular complexity index is 6220. The number of nitrogens with zero attached hydrogens (tertiary/aromatic N) is 8. The highest BCUT2D eigenvalue weighted by atomic mass is 35.5. The van der Waals surface area contributed by atoms with Gasteiger partial charge in [0.15, 0.2) is 29.1 Å². The van der Waals surface area contributed by atoms with Crippen molar-refractivity contribution in [3.8, 4) is 168 Å². The molecule has 0 bridgehead atoms. The normalized spacial score (nSPS) is 12.5. The molecular weight excluding hydrogens is 1460 g/mol. The van der Waals surface area contributed by atoms with E-state index in [1.807, 2.05) is 146 Å². The Hall–Kier alpha value is -14.3. The lowest BCUT2D eigenvalue weighted by Crippen LogP contribution is -2.41. The van der Waals surface area contributed by atoms with E-state index in [0.29, 0.717) is 29.1 Å². The first kappa shape index (κ1) is 76.3. The topological polar surface area (TPSA) is 122 Å². The van der Waals surface area contributed by atoms with Gasteiger partial charge in [-0.15, -0.1) is 0 Å². The molecule has 4 aromatic heterocycles. The fraction of sp³-hybridized carbons (Fsp3) is 0.0566. The van der Waals surface area contributed by atoms with Crippen molar-refractivity contribution < 1.29 is 9.31 Å². The maximum Gasteiger partial charge on any atom is 0.494 e. The maximum atomic E-state index is 6.41. The second-order valence-electron chi connectivity index (χ2n) is 29.8. The average Bonchev–Trinajstić information content (AvgIpc) is 1.54. The molecular formula is C106H80BClN8O2. The molecule has 0 spiro atoms. The first-order chi connectivity index (χ1) is 57.8. The smallest absolute Gasteiger partial charge is 0.399 e. The maximum absolute atomic E-state index is 6.41. The molecule has 12 heteroatoms. The predicted molar refractivity (Wildman–Crippen MR) is 484 cm³/mol. The van der Waals surface area contributed by atoms with E-state index in [9.17, 15) is 0 Å². The van der Waals surface area contributed by atoms with Crippen molar-refractivity contribution in [2.45, 2.75) is 38.9 Å². The Kier molecular flexibility index (Phi) is 22.5. The largest absolute Gasteiger partial charge is 0.494 e. The summed E-state index contributed by atoms with van der Waals surface area (Å²) in [5, 5.41) is 0.180. The van der Waals surface area contributed by atoms with Gasteiger partial charge in [0, 0.05) is 62.5 Å². The van der Waals surface area contributed by atoms with Gasteiger partial charge in [-0.25, -0.2) is 19.9 Å². The van der Waals surface area contributed by atoms with Gasteiger partial charge in [0.1, 0.15) is 0 Å². The molecule has 18 aromatic rings. The lowest BCUT2D eigenvalue weighted by Gasteiger charge is -2.32. The molecule has 0 amide bonds. The summed E-state index contributed by atoms with van der Waals surface area (Å²) in [6, 6.07) is 137. The lowest BCUT2D eigenvalue weighted by molar-refractivity contribution is 0.00578. The van der Waals surface area contributed by atoms with Gasteiger partial charge in [-0.1, -0.05) is 364 Å². The molecule has 1 saturated heterocycles. The van der Waals surface area contributed by atoms with Gasteiger partial charge < -0.3 is 9.31 Å². The number of hydrogen-bond acceptors (Lipinski definition) is 10. The van der Waals surface area contributed by atoms with Crippen molar-refractivity contribution in [2.24, 2.45) is 0 Å². The van der Waals surface area contributed by atoms with Crippen molar-refractivity contribution in [1.29, 1.82) is 0 Å². The summed E-state index contributed by atoms with van der Waals surface area (Å²) in [5.41, 5.74) is 26.6. The van der Waals surface area contributed by atoms with E-state index >= 15 is 0 Å². The summed E-state index contributed by atoms with van der Waals surface area (Å²) in [6.45, 7) is 8.35. The minimum Gasteiger partial charge on any atom is -0.399 e. The molecule has 0 unspecified atom stereocenters. The first-order valence-corrected chi connectivity index (χ1v) is 39.8. The van der Waals surface area contributed by atoms with Crippen LogP contribution in [0.15, 0.2) is 413 Å². The Morgan fingerprint density at radius 1 is 0.212 bits per heavy atom. The van der Waals surface area contributed by atoms with E-state index < -0.39 is 18.3 Å². The molecule has 0 atom stereocenters. The van der Waals surface area contributed by atoms with Crippen LogP contribution < -0.4 is 5.46 Å². The molecule has 566 valence electrons. The van der Waals surface area contributed by atoms with E-state index in [-0.39, 0.29) is 5.28 Å². The minimum atomic E-state index is -0.436. The van der Waals surface area contributed by atoms with E-state index in [2.05, 4.69) is 310 Å². The zero-order chi connectivity index (χ0) is 80.2. The Morgan fingerprint density at radius 2 is 0.432 bits per heavy atom. The highest BCUT2D eigenvalue weighted by molar-refractivity contribution is 6.62. The van der Waals surface area contributed by atoms with Crippen LogP contribution in [0.5, 0.6) is 0 Å². The van der Waals surface area contributed by atoms with Gasteiger partial charge in [0.05, 0.1) is 22.6 Å². The molecule has 1 fully saturated rings. The molecule has 0 N–H and O–H groups in total. The molecule has 10 nitrogen and oxygen atoms in total. The molecule has 0 aliphatic carbocycles. The molecule has 1 aliphatic heterocycles. The van der Waals surface area contributed by atoms with Crippen molar-refractivity contribution in [1.82, 2.24) is 39.9 Å². The highest BCUT2D eigenvalue weighted by Crippen LogP contribution is 2.41. The summed E-state index contributed by atoms with van der Waals surface area (Å²) in [4.78, 5) is 38.4. The SMILES string of the molecule is CC1(C)OB(c2cc(-c3ccccc3)cc(-c3cccnc3-c3ccccc3)c2)OC1(C)C.Clc1nc(-c2ccc(-c3ccccc3)cc2)nc(-c2ccc(-c3ccccc3)cc2)n1.c1ccc(-c2ccc(-c3nc(-c4ccc(-c5ccccc5)cc4)nc(-c4cc(-c5ccccc5)cc(-c5cccnc5-c5ccccc5)c4)n3)cc2)cc1. The highest BCUT2D eigenvalue weighted by Gasteiger charge is 2.52. The van der Waals surface area contributed by atoms with Crippen LogP contribution in [0.25, 0.3) is 168 Å². The predicted octanol–water partition coefficient (Wildman–Crippen LogP) is 26.2. The fourth-order valence-electron chi connectivity index (χ4n) is 14.5. The monoisotopic (exact) mass is 1540 g/mol. The zero-order valence-electron chi connectivity index (χ0n) is 65.6. The van der Waals surface area contributed by atoms with Crippen LogP contribution >= 0.6 is 11.6 Å². The van der Waals surface area contributed by atoms with Crippen molar-refractivity contribution in [3.63, 3.8) is 0 Å². The molecule has 0 saturated carbocycles. The van der Waals surface area contributed by atoms with Gasteiger partial charge in [0.2, 0.25) is 5.28 Å². The Morgan fingerprint density at radius 3 is 0.746 bits per heavy atom. The van der Waals surface area contributed by atoms with Gasteiger partial charge in [-0.3, -0.25) is 9.97 Å². The summed E-state index contributed by atoms with van der Waals surface area (Å²) >= 11 is 6.24. The molecule has 1 aliphatic rings. The number of aromatic nitrogens is 8. The number of halogens is 1. The standard InChI is InChI=1S/C50H34N4.C29H28BNO2.C27H18ClN3/c1-5-14-35(15-6-1)38-23-27-41(28-24-38)48-52-49(42-29-25-39(26-30-42)36-16-7-2-8-17-36)54-50(53-48)45-33-43(37-18-9-3-10-19-37)32-44(34-45)46-22-13-31-51-47(46)40-20-11-4-12-21-40;1-28(2)29(3,4)33-30(32-28)25-19-23(21-12-7-5-8-13-21)18-24(20-25)26-16-11-17-31-27(26)22-14-9-6-10-15-22;28-27-30-25(23-15-11-21(12-16-23)19-7-3-1-4-8-19)29-26(31-27)24-17-13-22(14-18-24)20-9-5-2-6-10-20/h1-34H;5-20H,1-4H3;1-18H. The van der Waals surface area contributed by atoms with Crippen LogP contribution in [0.2, 0.25) is 5.28 Å². The van der Waals surface area contributed by atoms with E-state index in [0.717, 1.165) is 134 Å². The van der Waals surface area contributed by atoms with Gasteiger partial charge in [-0.2, -0.15) is 9.97 Å². The van der Waals surface area contributed by atoms with E-state index in [4.69, 9.17) is 45.8 Å². The quantitative estimate of drug-likeness (QED) is 0.0865. The van der Waals surface area contributed by atoms with Crippen molar-refractivity contribution in [2.75, 3.05) is 0 Å². The third kappa shape index (κ3) is 17.5. The number of hydrogen-bond donors (Lipinski definition) is 0. The fourth-order valence-corrected chi connectivity index (χ4v) is 14.7. The summed E-state index contributed by atoms with van der Waals surface area (Å²) in [7, 11) is -0.436. The lowest BCUT2D eigenvalue weighted by atomic mass is 9.76. The summed E-state index contributed by atoms with van der Waals surface area (Å²) in [6.07, 6.45) is 3.70. The van der Waals surface area contributed by atoms with E-state index in [1.54, 1.807) is 0 Å². The number of benzene rings is 14. The average molecular weight is 1540 g/mol. The van der Waals surface area contributed by atoms with Crippen LogP contribution in [-0.4, -0.2) is 58.2 Å². The number of pyridine rings is 2. The Labute approximate surface area is 694 Å². The summed E-state index contributed by atoms with van der Waals surface area (Å²) in [5.74, 6) is 2.93. The second kappa shape index (κ2) is 34.8. The van der Waals surface area contributed by atoms with Crippen LogP contribution in [0, 0.1) is 0 Å². The summed E-state index contributed by atoms with van der Waals surface area (Å²) < 4.78 is 12.8. The minimum absolute atomic E-state index is 0.180.